The lowest BCUT2D eigenvalue weighted by Crippen LogP contribution is -2.12. The zero-order chi connectivity index (χ0) is 10.8. The maximum atomic E-state index is 11.2. The molecule has 0 aliphatic carbocycles. The third-order valence-electron chi connectivity index (χ3n) is 2.19. The molecule has 76 valence electrons. The molecule has 0 aliphatic heterocycles. The summed E-state index contributed by atoms with van der Waals surface area (Å²) in [6.07, 6.45) is 3.44. The fraction of sp³-hybridized carbons (Fsp3) is 0.182. The average Bonchev–Trinajstić information content (AvgIpc) is 2.16. The molecule has 2 heterocycles. The molecule has 0 fully saturated rings. The van der Waals surface area contributed by atoms with Crippen molar-refractivity contribution in [1.29, 1.82) is 0 Å². The molecule has 4 nitrogen and oxygen atoms in total. The highest BCUT2D eigenvalue weighted by molar-refractivity contribution is 5.61. The predicted molar refractivity (Wildman–Crippen MR) is 57.6 cm³/mol. The molecule has 0 aliphatic rings. The number of nitrogens with zero attached hydrogens (tertiary/aromatic N) is 2. The van der Waals surface area contributed by atoms with Crippen LogP contribution in [0.2, 0.25) is 0 Å². The molecule has 0 bridgehead atoms. The van der Waals surface area contributed by atoms with E-state index in [1.165, 1.54) is 0 Å². The van der Waals surface area contributed by atoms with E-state index >= 15 is 0 Å². The lowest BCUT2D eigenvalue weighted by Gasteiger charge is -2.03. The number of aromatic nitrogens is 3. The van der Waals surface area contributed by atoms with Crippen LogP contribution in [0.15, 0.2) is 29.3 Å². The third-order valence-corrected chi connectivity index (χ3v) is 2.19. The minimum atomic E-state index is -0.326. The standard InChI is InChI=1S/C11H11N3O/c1-7-3-4-12-6-9(7)10-5-8(2)13-11(15)14-10/h3-6H,1-2H3,(H,13,14,15). The fourth-order valence-corrected chi connectivity index (χ4v) is 1.45. The van der Waals surface area contributed by atoms with Gasteiger partial charge in [-0.05, 0) is 31.5 Å². The van der Waals surface area contributed by atoms with E-state index in [0.717, 1.165) is 16.8 Å². The monoisotopic (exact) mass is 201 g/mol. The van der Waals surface area contributed by atoms with Crippen molar-refractivity contribution in [2.75, 3.05) is 0 Å². The Morgan fingerprint density at radius 3 is 2.80 bits per heavy atom. The highest BCUT2D eigenvalue weighted by Gasteiger charge is 2.04. The largest absolute Gasteiger partial charge is 0.345 e. The van der Waals surface area contributed by atoms with Crippen LogP contribution in [0.5, 0.6) is 0 Å². The lowest BCUT2D eigenvalue weighted by molar-refractivity contribution is 1.03. The van der Waals surface area contributed by atoms with Crippen LogP contribution in [-0.4, -0.2) is 15.0 Å². The number of hydrogen-bond acceptors (Lipinski definition) is 3. The zero-order valence-corrected chi connectivity index (χ0v) is 8.61. The summed E-state index contributed by atoms with van der Waals surface area (Å²) in [7, 11) is 0. The molecule has 0 amide bonds. The molecule has 0 spiro atoms. The van der Waals surface area contributed by atoms with Crippen molar-refractivity contribution < 1.29 is 0 Å². The third kappa shape index (κ3) is 1.93. The second-order valence-electron chi connectivity index (χ2n) is 3.45. The normalized spacial score (nSPS) is 10.3. The molecular formula is C11H11N3O. The van der Waals surface area contributed by atoms with Gasteiger partial charge in [-0.2, -0.15) is 4.98 Å². The Morgan fingerprint density at radius 1 is 1.33 bits per heavy atom. The summed E-state index contributed by atoms with van der Waals surface area (Å²) in [6, 6.07) is 3.74. The summed E-state index contributed by atoms with van der Waals surface area (Å²) in [4.78, 5) is 21.8. The molecular weight excluding hydrogens is 190 g/mol. The molecule has 2 aromatic rings. The molecule has 0 saturated heterocycles. The Hall–Kier alpha value is -1.97. The van der Waals surface area contributed by atoms with Crippen molar-refractivity contribution in [2.24, 2.45) is 0 Å². The first-order valence-corrected chi connectivity index (χ1v) is 4.66. The van der Waals surface area contributed by atoms with Gasteiger partial charge < -0.3 is 4.98 Å². The van der Waals surface area contributed by atoms with Crippen molar-refractivity contribution in [2.45, 2.75) is 13.8 Å². The van der Waals surface area contributed by atoms with Crippen LogP contribution in [0.4, 0.5) is 0 Å². The van der Waals surface area contributed by atoms with Gasteiger partial charge in [0.25, 0.3) is 0 Å². The van der Waals surface area contributed by atoms with Gasteiger partial charge in [0.05, 0.1) is 5.69 Å². The smallest absolute Gasteiger partial charge is 0.310 e. The Kier molecular flexibility index (Phi) is 2.33. The Labute approximate surface area is 87.0 Å². The summed E-state index contributed by atoms with van der Waals surface area (Å²) in [5.41, 5.74) is 3.09. The summed E-state index contributed by atoms with van der Waals surface area (Å²) in [5.74, 6) is 0. The minimum Gasteiger partial charge on any atom is -0.310 e. The molecule has 0 radical (unpaired) electrons. The van der Waals surface area contributed by atoms with Gasteiger partial charge in [-0.3, -0.25) is 4.98 Å². The average molecular weight is 201 g/mol. The lowest BCUT2D eigenvalue weighted by atomic mass is 10.1. The molecule has 1 N–H and O–H groups in total. The highest BCUT2D eigenvalue weighted by Crippen LogP contribution is 2.18. The van der Waals surface area contributed by atoms with E-state index in [1.807, 2.05) is 26.0 Å². The molecule has 0 unspecified atom stereocenters. The zero-order valence-electron chi connectivity index (χ0n) is 8.61. The molecule has 15 heavy (non-hydrogen) atoms. The van der Waals surface area contributed by atoms with Crippen molar-refractivity contribution >= 4 is 0 Å². The van der Waals surface area contributed by atoms with E-state index in [2.05, 4.69) is 15.0 Å². The van der Waals surface area contributed by atoms with Crippen LogP contribution in [-0.2, 0) is 0 Å². The molecule has 0 saturated carbocycles. The topological polar surface area (TPSA) is 58.6 Å². The first-order valence-electron chi connectivity index (χ1n) is 4.66. The van der Waals surface area contributed by atoms with Crippen LogP contribution in [0.3, 0.4) is 0 Å². The fourth-order valence-electron chi connectivity index (χ4n) is 1.45. The van der Waals surface area contributed by atoms with Gasteiger partial charge in [0.15, 0.2) is 0 Å². The number of aryl methyl sites for hydroxylation is 2. The van der Waals surface area contributed by atoms with Crippen molar-refractivity contribution in [3.05, 3.63) is 46.3 Å². The Balaban J connectivity index is 2.64. The van der Waals surface area contributed by atoms with Gasteiger partial charge in [0, 0.05) is 23.7 Å². The van der Waals surface area contributed by atoms with Crippen LogP contribution in [0.1, 0.15) is 11.3 Å². The maximum Gasteiger partial charge on any atom is 0.345 e. The number of hydrogen-bond donors (Lipinski definition) is 1. The second-order valence-corrected chi connectivity index (χ2v) is 3.45. The van der Waals surface area contributed by atoms with Gasteiger partial charge in [-0.1, -0.05) is 0 Å². The van der Waals surface area contributed by atoms with E-state index in [-0.39, 0.29) is 5.69 Å². The molecule has 4 heteroatoms. The van der Waals surface area contributed by atoms with E-state index in [1.54, 1.807) is 12.4 Å². The van der Waals surface area contributed by atoms with Gasteiger partial charge in [-0.25, -0.2) is 4.79 Å². The quantitative estimate of drug-likeness (QED) is 0.759. The van der Waals surface area contributed by atoms with E-state index in [9.17, 15) is 4.79 Å². The van der Waals surface area contributed by atoms with Crippen LogP contribution >= 0.6 is 0 Å². The Bertz CT molecular complexity index is 546. The van der Waals surface area contributed by atoms with Crippen LogP contribution in [0.25, 0.3) is 11.3 Å². The summed E-state index contributed by atoms with van der Waals surface area (Å²) >= 11 is 0. The van der Waals surface area contributed by atoms with E-state index < -0.39 is 0 Å². The highest BCUT2D eigenvalue weighted by atomic mass is 16.1. The van der Waals surface area contributed by atoms with Crippen molar-refractivity contribution in [1.82, 2.24) is 15.0 Å². The SMILES string of the molecule is Cc1cc(-c2cnccc2C)nc(=O)[nH]1. The summed E-state index contributed by atoms with van der Waals surface area (Å²) in [6.45, 7) is 3.80. The molecule has 2 aromatic heterocycles. The van der Waals surface area contributed by atoms with Crippen molar-refractivity contribution in [3.63, 3.8) is 0 Å². The van der Waals surface area contributed by atoms with Gasteiger partial charge in [0.1, 0.15) is 0 Å². The number of rotatable bonds is 1. The second kappa shape index (κ2) is 3.65. The van der Waals surface area contributed by atoms with Gasteiger partial charge >= 0.3 is 5.69 Å². The summed E-state index contributed by atoms with van der Waals surface area (Å²) < 4.78 is 0. The number of nitrogens with one attached hydrogen (secondary N) is 1. The predicted octanol–water partition coefficient (Wildman–Crippen LogP) is 1.45. The minimum absolute atomic E-state index is 0.326. The van der Waals surface area contributed by atoms with Gasteiger partial charge in [-0.15, -0.1) is 0 Å². The first-order chi connectivity index (χ1) is 7.16. The summed E-state index contributed by atoms with van der Waals surface area (Å²) in [5, 5.41) is 0. The van der Waals surface area contributed by atoms with Crippen LogP contribution in [0, 0.1) is 13.8 Å². The van der Waals surface area contributed by atoms with E-state index in [4.69, 9.17) is 0 Å². The number of H-pyrrole nitrogens is 1. The molecule has 0 aromatic carbocycles. The number of pyridine rings is 1. The van der Waals surface area contributed by atoms with Gasteiger partial charge in [0.2, 0.25) is 0 Å². The first kappa shape index (κ1) is 9.58. The van der Waals surface area contributed by atoms with Crippen LogP contribution < -0.4 is 5.69 Å². The van der Waals surface area contributed by atoms with Crippen molar-refractivity contribution in [3.8, 4) is 11.3 Å². The molecule has 2 rings (SSSR count). The maximum absolute atomic E-state index is 11.2. The van der Waals surface area contributed by atoms with E-state index in [0.29, 0.717) is 5.69 Å². The number of aromatic amines is 1. The molecule has 0 atom stereocenters. The Morgan fingerprint density at radius 2 is 2.13 bits per heavy atom.